The van der Waals surface area contributed by atoms with Gasteiger partial charge in [-0.3, -0.25) is 9.59 Å². The number of rotatable bonds is 8. The van der Waals surface area contributed by atoms with Crippen molar-refractivity contribution in [2.45, 2.75) is 40.0 Å². The summed E-state index contributed by atoms with van der Waals surface area (Å²) in [5.74, 6) is 1.22. The summed E-state index contributed by atoms with van der Waals surface area (Å²) >= 11 is 1.56. The Morgan fingerprint density at radius 2 is 1.80 bits per heavy atom. The standard InChI is InChI=1S/C24H29N3O2S/c1-17-14-18(2)24(19(3)15-17)25-22(28)10-7-13-30-16-23(29)27-12-11-21(26-27)20-8-5-4-6-9-20/h4-6,8-9,14-15H,7,10-13,16H2,1-3H3,(H,25,28). The number of aryl methyl sites for hydroxylation is 3. The molecule has 3 rings (SSSR count). The monoisotopic (exact) mass is 423 g/mol. The molecule has 1 aliphatic heterocycles. The second kappa shape index (κ2) is 10.4. The first-order valence-electron chi connectivity index (χ1n) is 10.3. The summed E-state index contributed by atoms with van der Waals surface area (Å²) in [6.45, 7) is 6.73. The van der Waals surface area contributed by atoms with E-state index in [2.05, 4.69) is 29.5 Å². The number of nitrogens with zero attached hydrogens (tertiary/aromatic N) is 2. The van der Waals surface area contributed by atoms with Crippen molar-refractivity contribution in [2.75, 3.05) is 23.4 Å². The Bertz CT molecular complexity index is 918. The first-order chi connectivity index (χ1) is 14.4. The molecule has 30 heavy (non-hydrogen) atoms. The summed E-state index contributed by atoms with van der Waals surface area (Å²) in [7, 11) is 0. The minimum atomic E-state index is 0.0219. The van der Waals surface area contributed by atoms with E-state index in [1.165, 1.54) is 5.56 Å². The number of nitrogens with one attached hydrogen (secondary N) is 1. The second-order valence-electron chi connectivity index (χ2n) is 7.66. The zero-order chi connectivity index (χ0) is 21.5. The van der Waals surface area contributed by atoms with Crippen LogP contribution in [0.4, 0.5) is 5.69 Å². The highest BCUT2D eigenvalue weighted by Gasteiger charge is 2.21. The van der Waals surface area contributed by atoms with E-state index in [4.69, 9.17) is 0 Å². The third kappa shape index (κ3) is 5.95. The van der Waals surface area contributed by atoms with Crippen molar-refractivity contribution in [2.24, 2.45) is 5.10 Å². The highest BCUT2D eigenvalue weighted by atomic mass is 32.2. The van der Waals surface area contributed by atoms with Crippen LogP contribution in [0.5, 0.6) is 0 Å². The maximum Gasteiger partial charge on any atom is 0.252 e. The Kier molecular flexibility index (Phi) is 7.69. The van der Waals surface area contributed by atoms with Crippen molar-refractivity contribution < 1.29 is 9.59 Å². The zero-order valence-corrected chi connectivity index (χ0v) is 18.7. The van der Waals surface area contributed by atoms with E-state index in [0.717, 1.165) is 46.7 Å². The maximum absolute atomic E-state index is 12.4. The number of carbonyl (C=O) groups is 2. The minimum Gasteiger partial charge on any atom is -0.326 e. The van der Waals surface area contributed by atoms with Crippen molar-refractivity contribution in [1.29, 1.82) is 0 Å². The predicted octanol–water partition coefficient (Wildman–Crippen LogP) is 4.70. The van der Waals surface area contributed by atoms with Gasteiger partial charge in [-0.25, -0.2) is 5.01 Å². The zero-order valence-electron chi connectivity index (χ0n) is 17.9. The van der Waals surface area contributed by atoms with Crippen molar-refractivity contribution >= 4 is 35.0 Å². The first kappa shape index (κ1) is 22.1. The number of hydrazone groups is 1. The highest BCUT2D eigenvalue weighted by Crippen LogP contribution is 2.22. The van der Waals surface area contributed by atoms with Crippen LogP contribution in [-0.4, -0.2) is 40.6 Å². The van der Waals surface area contributed by atoms with E-state index in [-0.39, 0.29) is 11.8 Å². The van der Waals surface area contributed by atoms with Gasteiger partial charge in [0.25, 0.3) is 5.91 Å². The van der Waals surface area contributed by atoms with Gasteiger partial charge < -0.3 is 5.32 Å². The van der Waals surface area contributed by atoms with E-state index in [0.29, 0.717) is 18.7 Å². The van der Waals surface area contributed by atoms with Crippen LogP contribution in [0.1, 0.15) is 41.5 Å². The lowest BCUT2D eigenvalue weighted by Crippen LogP contribution is -2.25. The van der Waals surface area contributed by atoms with Crippen LogP contribution in [-0.2, 0) is 9.59 Å². The fraction of sp³-hybridized carbons (Fsp3) is 0.375. The lowest BCUT2D eigenvalue weighted by Gasteiger charge is -2.13. The van der Waals surface area contributed by atoms with Crippen molar-refractivity contribution in [1.82, 2.24) is 5.01 Å². The Morgan fingerprint density at radius 1 is 1.10 bits per heavy atom. The van der Waals surface area contributed by atoms with Crippen LogP contribution in [0, 0.1) is 20.8 Å². The number of hydrogen-bond donors (Lipinski definition) is 1. The molecule has 158 valence electrons. The molecule has 6 heteroatoms. The van der Waals surface area contributed by atoms with Gasteiger partial charge in [0.2, 0.25) is 5.91 Å². The predicted molar refractivity (Wildman–Crippen MR) is 125 cm³/mol. The van der Waals surface area contributed by atoms with Gasteiger partial charge in [0, 0.05) is 18.5 Å². The fourth-order valence-corrected chi connectivity index (χ4v) is 4.43. The molecule has 5 nitrogen and oxygen atoms in total. The Hall–Kier alpha value is -2.60. The summed E-state index contributed by atoms with van der Waals surface area (Å²) in [6.07, 6.45) is 1.98. The van der Waals surface area contributed by atoms with E-state index in [9.17, 15) is 9.59 Å². The number of thioether (sulfide) groups is 1. The Morgan fingerprint density at radius 3 is 2.50 bits per heavy atom. The van der Waals surface area contributed by atoms with Gasteiger partial charge in [-0.1, -0.05) is 48.0 Å². The van der Waals surface area contributed by atoms with Crippen LogP contribution in [0.2, 0.25) is 0 Å². The molecule has 0 unspecified atom stereocenters. The number of amides is 2. The summed E-state index contributed by atoms with van der Waals surface area (Å²) in [5.41, 5.74) is 6.32. The Balaban J connectivity index is 1.37. The molecular formula is C24H29N3O2S. The van der Waals surface area contributed by atoms with Gasteiger partial charge in [0.05, 0.1) is 18.0 Å². The van der Waals surface area contributed by atoms with Crippen molar-refractivity contribution in [3.63, 3.8) is 0 Å². The number of hydrogen-bond acceptors (Lipinski definition) is 4. The lowest BCUT2D eigenvalue weighted by atomic mass is 10.0. The lowest BCUT2D eigenvalue weighted by molar-refractivity contribution is -0.127. The topological polar surface area (TPSA) is 61.8 Å². The molecule has 0 fully saturated rings. The SMILES string of the molecule is Cc1cc(C)c(NC(=O)CCCSCC(=O)N2CCC(c3ccccc3)=N2)c(C)c1. The van der Waals surface area contributed by atoms with Crippen LogP contribution in [0.25, 0.3) is 0 Å². The molecule has 0 bridgehead atoms. The molecule has 0 spiro atoms. The van der Waals surface area contributed by atoms with Crippen LogP contribution in [0.3, 0.4) is 0 Å². The molecule has 0 aliphatic carbocycles. The third-order valence-electron chi connectivity index (χ3n) is 5.06. The van der Waals surface area contributed by atoms with Crippen LogP contribution >= 0.6 is 11.8 Å². The molecule has 0 aromatic heterocycles. The van der Waals surface area contributed by atoms with Gasteiger partial charge in [0.15, 0.2) is 0 Å². The van der Waals surface area contributed by atoms with Crippen molar-refractivity contribution in [3.05, 3.63) is 64.7 Å². The van der Waals surface area contributed by atoms with Crippen LogP contribution < -0.4 is 5.32 Å². The largest absolute Gasteiger partial charge is 0.326 e. The average molecular weight is 424 g/mol. The van der Waals surface area contributed by atoms with Gasteiger partial charge in [-0.05, 0) is 49.6 Å². The average Bonchev–Trinajstić information content (AvgIpc) is 3.21. The number of benzene rings is 2. The van der Waals surface area contributed by atoms with Gasteiger partial charge in [0.1, 0.15) is 0 Å². The van der Waals surface area contributed by atoms with Gasteiger partial charge >= 0.3 is 0 Å². The minimum absolute atomic E-state index is 0.0219. The molecule has 0 radical (unpaired) electrons. The molecule has 2 aromatic rings. The number of carbonyl (C=O) groups excluding carboxylic acids is 2. The first-order valence-corrected chi connectivity index (χ1v) is 11.5. The molecule has 0 saturated carbocycles. The summed E-state index contributed by atoms with van der Waals surface area (Å²) in [6, 6.07) is 14.1. The van der Waals surface area contributed by atoms with E-state index < -0.39 is 0 Å². The molecule has 1 heterocycles. The molecule has 2 aromatic carbocycles. The summed E-state index contributed by atoms with van der Waals surface area (Å²) < 4.78 is 0. The number of anilines is 1. The van der Waals surface area contributed by atoms with Gasteiger partial charge in [-0.2, -0.15) is 16.9 Å². The normalized spacial score (nSPS) is 13.3. The van der Waals surface area contributed by atoms with Crippen LogP contribution in [0.15, 0.2) is 47.6 Å². The van der Waals surface area contributed by atoms with E-state index in [1.807, 2.05) is 44.2 Å². The van der Waals surface area contributed by atoms with Gasteiger partial charge in [-0.15, -0.1) is 0 Å². The Labute approximate surface area is 182 Å². The highest BCUT2D eigenvalue weighted by molar-refractivity contribution is 7.99. The molecule has 0 saturated heterocycles. The molecular weight excluding hydrogens is 394 g/mol. The maximum atomic E-state index is 12.4. The second-order valence-corrected chi connectivity index (χ2v) is 8.76. The molecule has 1 aliphatic rings. The van der Waals surface area contributed by atoms with E-state index in [1.54, 1.807) is 16.8 Å². The van der Waals surface area contributed by atoms with Crippen molar-refractivity contribution in [3.8, 4) is 0 Å². The molecule has 2 amide bonds. The summed E-state index contributed by atoms with van der Waals surface area (Å²) in [4.78, 5) is 24.6. The molecule has 1 N–H and O–H groups in total. The molecule has 0 atom stereocenters. The quantitative estimate of drug-likeness (QED) is 0.626. The summed E-state index contributed by atoms with van der Waals surface area (Å²) in [5, 5.41) is 9.08. The smallest absolute Gasteiger partial charge is 0.252 e. The van der Waals surface area contributed by atoms with E-state index >= 15 is 0 Å². The third-order valence-corrected chi connectivity index (χ3v) is 6.08. The fourth-order valence-electron chi connectivity index (χ4n) is 3.62.